The number of anilines is 1. The van der Waals surface area contributed by atoms with Crippen LogP contribution in [0.3, 0.4) is 0 Å². The lowest BCUT2D eigenvalue weighted by Crippen LogP contribution is -2.12. The lowest BCUT2D eigenvalue weighted by atomic mass is 10.1. The monoisotopic (exact) mass is 390 g/mol. The molecule has 10 heteroatoms. The summed E-state index contributed by atoms with van der Waals surface area (Å²) in [6.45, 7) is 0. The van der Waals surface area contributed by atoms with E-state index >= 15 is 0 Å². The molecule has 0 saturated heterocycles. The first-order valence-electron chi connectivity index (χ1n) is 7.38. The molecule has 2 heterocycles. The third kappa shape index (κ3) is 3.09. The number of imidazole rings is 1. The standard InChI is InChI=1S/C16H11ClN4O4S/c17-10-3-1-9(2-4-10)13-8-15(25-20-13)21-26(23,24)11-5-6-12-14(7-11)19-16(22)18-12/h1-8,21H,(H2,18,19,22). The van der Waals surface area contributed by atoms with Gasteiger partial charge in [0, 0.05) is 16.7 Å². The average molecular weight is 391 g/mol. The van der Waals surface area contributed by atoms with E-state index in [9.17, 15) is 13.2 Å². The number of nitrogens with zero attached hydrogens (tertiary/aromatic N) is 1. The van der Waals surface area contributed by atoms with Crippen LogP contribution in [0.2, 0.25) is 5.02 Å². The van der Waals surface area contributed by atoms with Gasteiger partial charge in [0.2, 0.25) is 5.88 Å². The van der Waals surface area contributed by atoms with Crippen LogP contribution in [0.25, 0.3) is 22.3 Å². The molecule has 0 spiro atoms. The molecule has 3 N–H and O–H groups in total. The molecule has 4 aromatic rings. The maximum absolute atomic E-state index is 12.5. The maximum Gasteiger partial charge on any atom is 0.323 e. The Balaban J connectivity index is 1.62. The Labute approximate surface area is 151 Å². The molecule has 26 heavy (non-hydrogen) atoms. The molecule has 0 atom stereocenters. The third-order valence-corrected chi connectivity index (χ3v) is 5.28. The van der Waals surface area contributed by atoms with Crippen LogP contribution in [0.4, 0.5) is 5.88 Å². The smallest absolute Gasteiger partial charge is 0.323 e. The van der Waals surface area contributed by atoms with Gasteiger partial charge in [0.15, 0.2) is 0 Å². The van der Waals surface area contributed by atoms with Gasteiger partial charge in [-0.2, -0.15) is 0 Å². The largest absolute Gasteiger partial charge is 0.337 e. The molecule has 0 amide bonds. The van der Waals surface area contributed by atoms with Crippen molar-refractivity contribution in [3.8, 4) is 11.3 Å². The summed E-state index contributed by atoms with van der Waals surface area (Å²) in [5, 5.41) is 4.43. The van der Waals surface area contributed by atoms with E-state index < -0.39 is 15.7 Å². The number of hydrogen-bond acceptors (Lipinski definition) is 5. The van der Waals surface area contributed by atoms with Crippen molar-refractivity contribution in [2.45, 2.75) is 4.90 Å². The summed E-state index contributed by atoms with van der Waals surface area (Å²) in [5.41, 5.74) is 1.68. The number of aromatic nitrogens is 3. The molecule has 2 aromatic heterocycles. The zero-order chi connectivity index (χ0) is 18.3. The number of aromatic amines is 2. The zero-order valence-corrected chi connectivity index (χ0v) is 14.6. The normalized spacial score (nSPS) is 11.7. The number of sulfonamides is 1. The Morgan fingerprint density at radius 3 is 2.50 bits per heavy atom. The highest BCUT2D eigenvalue weighted by Gasteiger charge is 2.18. The topological polar surface area (TPSA) is 121 Å². The van der Waals surface area contributed by atoms with Crippen molar-refractivity contribution in [2.75, 3.05) is 4.72 Å². The summed E-state index contributed by atoms with van der Waals surface area (Å²) in [7, 11) is -3.91. The molecule has 0 aliphatic rings. The Kier molecular flexibility index (Phi) is 3.82. The van der Waals surface area contributed by atoms with Crippen LogP contribution in [0.15, 0.2) is 62.7 Å². The van der Waals surface area contributed by atoms with Crippen molar-refractivity contribution in [2.24, 2.45) is 0 Å². The van der Waals surface area contributed by atoms with E-state index in [1.54, 1.807) is 24.3 Å². The molecule has 0 bridgehead atoms. The number of halogens is 1. The van der Waals surface area contributed by atoms with Crippen molar-refractivity contribution in [1.82, 2.24) is 15.1 Å². The minimum atomic E-state index is -3.91. The van der Waals surface area contributed by atoms with Gasteiger partial charge in [-0.3, -0.25) is 0 Å². The van der Waals surface area contributed by atoms with E-state index in [2.05, 4.69) is 19.8 Å². The van der Waals surface area contributed by atoms with E-state index in [0.29, 0.717) is 21.7 Å². The highest BCUT2D eigenvalue weighted by atomic mass is 35.5. The van der Waals surface area contributed by atoms with Gasteiger partial charge in [-0.05, 0) is 30.3 Å². The fourth-order valence-corrected chi connectivity index (χ4v) is 3.58. The third-order valence-electron chi connectivity index (χ3n) is 3.68. The number of nitrogens with one attached hydrogen (secondary N) is 3. The lowest BCUT2D eigenvalue weighted by molar-refractivity contribution is 0.438. The van der Waals surface area contributed by atoms with Crippen LogP contribution < -0.4 is 10.4 Å². The summed E-state index contributed by atoms with van der Waals surface area (Å²) in [6.07, 6.45) is 0. The Morgan fingerprint density at radius 2 is 1.73 bits per heavy atom. The van der Waals surface area contributed by atoms with Gasteiger partial charge in [0.1, 0.15) is 5.69 Å². The van der Waals surface area contributed by atoms with Crippen LogP contribution >= 0.6 is 11.6 Å². The number of hydrogen-bond donors (Lipinski definition) is 3. The molecule has 0 unspecified atom stereocenters. The summed E-state index contributed by atoms with van der Waals surface area (Å²) in [5.74, 6) is -0.0300. The van der Waals surface area contributed by atoms with Crippen molar-refractivity contribution >= 4 is 38.5 Å². The maximum atomic E-state index is 12.5. The van der Waals surface area contributed by atoms with Crippen LogP contribution in [0.5, 0.6) is 0 Å². The number of benzene rings is 2. The highest BCUT2D eigenvalue weighted by Crippen LogP contribution is 2.25. The van der Waals surface area contributed by atoms with Crippen molar-refractivity contribution in [3.05, 3.63) is 64.0 Å². The number of rotatable bonds is 4. The molecule has 8 nitrogen and oxygen atoms in total. The van der Waals surface area contributed by atoms with Gasteiger partial charge < -0.3 is 14.5 Å². The number of fused-ring (bicyclic) bond motifs is 1. The quantitative estimate of drug-likeness (QED) is 0.494. The number of H-pyrrole nitrogens is 2. The second kappa shape index (κ2) is 6.04. The molecule has 2 aromatic carbocycles. The van der Waals surface area contributed by atoms with Crippen molar-refractivity contribution in [1.29, 1.82) is 0 Å². The molecule has 0 saturated carbocycles. The summed E-state index contributed by atoms with van der Waals surface area (Å²) in [6, 6.07) is 12.6. The fourth-order valence-electron chi connectivity index (χ4n) is 2.45. The highest BCUT2D eigenvalue weighted by molar-refractivity contribution is 7.92. The molecular weight excluding hydrogens is 380 g/mol. The Hall–Kier alpha value is -3.04. The first kappa shape index (κ1) is 16.4. The summed E-state index contributed by atoms with van der Waals surface area (Å²) in [4.78, 5) is 16.3. The van der Waals surface area contributed by atoms with Gasteiger partial charge in [-0.15, -0.1) is 0 Å². The molecule has 0 aliphatic heterocycles. The first-order valence-corrected chi connectivity index (χ1v) is 9.24. The first-order chi connectivity index (χ1) is 12.4. The molecule has 0 aliphatic carbocycles. The summed E-state index contributed by atoms with van der Waals surface area (Å²) < 4.78 is 32.4. The molecule has 0 fully saturated rings. The second-order valence-electron chi connectivity index (χ2n) is 5.48. The fraction of sp³-hybridized carbons (Fsp3) is 0. The van der Waals surface area contributed by atoms with Crippen molar-refractivity contribution in [3.63, 3.8) is 0 Å². The molecule has 4 rings (SSSR count). The van der Waals surface area contributed by atoms with Gasteiger partial charge >= 0.3 is 5.69 Å². The average Bonchev–Trinajstić information content (AvgIpc) is 3.19. The van der Waals surface area contributed by atoms with Gasteiger partial charge in [0.25, 0.3) is 10.0 Å². The molecule has 132 valence electrons. The van der Waals surface area contributed by atoms with Gasteiger partial charge in [0.05, 0.1) is 15.9 Å². The van der Waals surface area contributed by atoms with E-state index in [1.807, 2.05) is 0 Å². The van der Waals surface area contributed by atoms with Crippen molar-refractivity contribution < 1.29 is 12.9 Å². The Bertz CT molecular complexity index is 1260. The van der Waals surface area contributed by atoms with E-state index in [1.165, 1.54) is 24.3 Å². The van der Waals surface area contributed by atoms with E-state index in [0.717, 1.165) is 5.56 Å². The van der Waals surface area contributed by atoms with E-state index in [4.69, 9.17) is 16.1 Å². The second-order valence-corrected chi connectivity index (χ2v) is 7.59. The van der Waals surface area contributed by atoms with Crippen LogP contribution in [0.1, 0.15) is 0 Å². The predicted octanol–water partition coefficient (Wildman–Crippen LogP) is 2.97. The zero-order valence-electron chi connectivity index (χ0n) is 13.0. The lowest BCUT2D eigenvalue weighted by Gasteiger charge is -2.04. The Morgan fingerprint density at radius 1 is 1.00 bits per heavy atom. The SMILES string of the molecule is O=c1[nH]c2ccc(S(=O)(=O)Nc3cc(-c4ccc(Cl)cc4)no3)cc2[nH]1. The van der Waals surface area contributed by atoms with E-state index in [-0.39, 0.29) is 10.8 Å². The molecular formula is C16H11ClN4O4S. The summed E-state index contributed by atoms with van der Waals surface area (Å²) >= 11 is 5.84. The predicted molar refractivity (Wildman–Crippen MR) is 96.7 cm³/mol. The minimum Gasteiger partial charge on any atom is -0.337 e. The van der Waals surface area contributed by atoms with Gasteiger partial charge in [-0.1, -0.05) is 28.9 Å². The molecule has 0 radical (unpaired) electrons. The van der Waals surface area contributed by atoms with Gasteiger partial charge in [-0.25, -0.2) is 17.9 Å². The van der Waals surface area contributed by atoms with Crippen LogP contribution in [-0.2, 0) is 10.0 Å². The van der Waals surface area contributed by atoms with Crippen LogP contribution in [0, 0.1) is 0 Å². The minimum absolute atomic E-state index is 0.0234. The van der Waals surface area contributed by atoms with Crippen LogP contribution in [-0.4, -0.2) is 23.5 Å².